The maximum Gasteiger partial charge on any atom is 0.0474 e. The van der Waals surface area contributed by atoms with Gasteiger partial charge in [0.05, 0.1) is 0 Å². The molecule has 0 aromatic carbocycles. The first-order valence-electron chi connectivity index (χ1n) is 4.82. The standard InChI is InChI=1S/C9H19NOS2/c1-11-4-2-3-10-7-9-8-12-5-6-13-9/h9-10H,2-8H2,1H3. The first-order chi connectivity index (χ1) is 6.43. The highest BCUT2D eigenvalue weighted by atomic mass is 32.2. The number of hydrogen-bond acceptors (Lipinski definition) is 4. The number of thioether (sulfide) groups is 2. The van der Waals surface area contributed by atoms with Gasteiger partial charge in [-0.1, -0.05) is 0 Å². The summed E-state index contributed by atoms with van der Waals surface area (Å²) >= 11 is 4.20. The summed E-state index contributed by atoms with van der Waals surface area (Å²) in [6.07, 6.45) is 1.13. The molecule has 0 aromatic heterocycles. The molecule has 78 valence electrons. The Labute approximate surface area is 89.6 Å². The van der Waals surface area contributed by atoms with Crippen molar-refractivity contribution in [3.05, 3.63) is 0 Å². The van der Waals surface area contributed by atoms with Gasteiger partial charge in [0.2, 0.25) is 0 Å². The van der Waals surface area contributed by atoms with Crippen molar-refractivity contribution < 1.29 is 4.74 Å². The Morgan fingerprint density at radius 3 is 3.08 bits per heavy atom. The van der Waals surface area contributed by atoms with Crippen LogP contribution in [0.1, 0.15) is 6.42 Å². The van der Waals surface area contributed by atoms with Crippen LogP contribution in [0.25, 0.3) is 0 Å². The van der Waals surface area contributed by atoms with E-state index < -0.39 is 0 Å². The van der Waals surface area contributed by atoms with Gasteiger partial charge in [0.25, 0.3) is 0 Å². The second-order valence-electron chi connectivity index (χ2n) is 3.12. The van der Waals surface area contributed by atoms with Crippen LogP contribution in [0.15, 0.2) is 0 Å². The van der Waals surface area contributed by atoms with E-state index in [1.807, 2.05) is 0 Å². The highest BCUT2D eigenvalue weighted by Crippen LogP contribution is 2.23. The van der Waals surface area contributed by atoms with Crippen molar-refractivity contribution in [2.75, 3.05) is 44.1 Å². The topological polar surface area (TPSA) is 21.3 Å². The molecule has 0 radical (unpaired) electrons. The van der Waals surface area contributed by atoms with Gasteiger partial charge < -0.3 is 10.1 Å². The Hall–Kier alpha value is 0.620. The van der Waals surface area contributed by atoms with Crippen LogP contribution in [0.5, 0.6) is 0 Å². The molecule has 1 saturated heterocycles. The van der Waals surface area contributed by atoms with Crippen LogP contribution in [-0.2, 0) is 4.74 Å². The maximum absolute atomic E-state index is 4.98. The van der Waals surface area contributed by atoms with E-state index in [0.717, 1.165) is 24.8 Å². The van der Waals surface area contributed by atoms with Gasteiger partial charge in [-0.05, 0) is 13.0 Å². The molecule has 4 heteroatoms. The molecular weight excluding hydrogens is 202 g/mol. The molecule has 13 heavy (non-hydrogen) atoms. The molecule has 0 saturated carbocycles. The minimum atomic E-state index is 0.835. The number of rotatable bonds is 6. The second kappa shape index (κ2) is 7.97. The number of methoxy groups -OCH3 is 1. The zero-order chi connectivity index (χ0) is 9.36. The number of nitrogens with one attached hydrogen (secondary N) is 1. The molecule has 0 aliphatic carbocycles. The maximum atomic E-state index is 4.98. The summed E-state index contributed by atoms with van der Waals surface area (Å²) in [6, 6.07) is 0. The summed E-state index contributed by atoms with van der Waals surface area (Å²) in [6.45, 7) is 3.14. The summed E-state index contributed by atoms with van der Waals surface area (Å²) in [5.41, 5.74) is 0. The Balaban J connectivity index is 1.86. The van der Waals surface area contributed by atoms with Crippen LogP contribution in [-0.4, -0.2) is 49.3 Å². The van der Waals surface area contributed by atoms with E-state index in [9.17, 15) is 0 Å². The van der Waals surface area contributed by atoms with Crippen molar-refractivity contribution in [1.29, 1.82) is 0 Å². The lowest BCUT2D eigenvalue weighted by atomic mass is 10.4. The van der Waals surface area contributed by atoms with Gasteiger partial charge in [-0.25, -0.2) is 0 Å². The van der Waals surface area contributed by atoms with Gasteiger partial charge in [-0.3, -0.25) is 0 Å². The molecule has 1 rings (SSSR count). The molecule has 2 nitrogen and oxygen atoms in total. The summed E-state index contributed by atoms with van der Waals surface area (Å²) in [5.74, 6) is 3.99. The molecular formula is C9H19NOS2. The van der Waals surface area contributed by atoms with Crippen molar-refractivity contribution in [2.24, 2.45) is 0 Å². The Bertz CT molecular complexity index is 118. The van der Waals surface area contributed by atoms with Crippen molar-refractivity contribution in [3.8, 4) is 0 Å². The van der Waals surface area contributed by atoms with Crippen LogP contribution in [0.4, 0.5) is 0 Å². The first kappa shape index (κ1) is 11.7. The quantitative estimate of drug-likeness (QED) is 0.685. The number of ether oxygens (including phenoxy) is 1. The lowest BCUT2D eigenvalue weighted by Crippen LogP contribution is -2.29. The highest BCUT2D eigenvalue weighted by molar-refractivity contribution is 8.06. The fraction of sp³-hybridized carbons (Fsp3) is 1.00. The summed E-state index contributed by atoms with van der Waals surface area (Å²) < 4.78 is 4.98. The van der Waals surface area contributed by atoms with Gasteiger partial charge >= 0.3 is 0 Å². The van der Waals surface area contributed by atoms with Gasteiger partial charge in [0, 0.05) is 42.8 Å². The van der Waals surface area contributed by atoms with Crippen LogP contribution in [0.2, 0.25) is 0 Å². The SMILES string of the molecule is COCCCNCC1CSCCS1. The van der Waals surface area contributed by atoms with Crippen LogP contribution in [0.3, 0.4) is 0 Å². The average molecular weight is 221 g/mol. The summed E-state index contributed by atoms with van der Waals surface area (Å²) in [7, 11) is 1.76. The largest absolute Gasteiger partial charge is 0.385 e. The lowest BCUT2D eigenvalue weighted by molar-refractivity contribution is 0.194. The summed E-state index contributed by atoms with van der Waals surface area (Å²) in [5, 5.41) is 4.31. The Morgan fingerprint density at radius 1 is 1.46 bits per heavy atom. The zero-order valence-corrected chi connectivity index (χ0v) is 9.88. The normalized spacial score (nSPS) is 23.3. The molecule has 1 aliphatic heterocycles. The predicted octanol–water partition coefficient (Wildman–Crippen LogP) is 1.46. The van der Waals surface area contributed by atoms with E-state index in [4.69, 9.17) is 4.74 Å². The van der Waals surface area contributed by atoms with Crippen molar-refractivity contribution in [2.45, 2.75) is 11.7 Å². The lowest BCUT2D eigenvalue weighted by Gasteiger charge is -2.21. The fourth-order valence-corrected chi connectivity index (χ4v) is 3.91. The smallest absolute Gasteiger partial charge is 0.0474 e. The fourth-order valence-electron chi connectivity index (χ4n) is 1.26. The molecule has 0 amide bonds. The van der Waals surface area contributed by atoms with Gasteiger partial charge in [-0.2, -0.15) is 23.5 Å². The average Bonchev–Trinajstić information content (AvgIpc) is 2.19. The summed E-state index contributed by atoms with van der Waals surface area (Å²) in [4.78, 5) is 0. The van der Waals surface area contributed by atoms with Crippen molar-refractivity contribution >= 4 is 23.5 Å². The molecule has 1 N–H and O–H groups in total. The van der Waals surface area contributed by atoms with E-state index in [1.54, 1.807) is 7.11 Å². The van der Waals surface area contributed by atoms with E-state index in [1.165, 1.54) is 23.8 Å². The van der Waals surface area contributed by atoms with Crippen molar-refractivity contribution in [3.63, 3.8) is 0 Å². The van der Waals surface area contributed by atoms with Crippen LogP contribution in [0, 0.1) is 0 Å². The van der Waals surface area contributed by atoms with Crippen LogP contribution < -0.4 is 5.32 Å². The molecule has 1 aliphatic rings. The number of hydrogen-bond donors (Lipinski definition) is 1. The Morgan fingerprint density at radius 2 is 2.38 bits per heavy atom. The molecule has 1 unspecified atom stereocenters. The van der Waals surface area contributed by atoms with E-state index in [2.05, 4.69) is 28.8 Å². The van der Waals surface area contributed by atoms with Crippen molar-refractivity contribution in [1.82, 2.24) is 5.32 Å². The molecule has 0 bridgehead atoms. The van der Waals surface area contributed by atoms with E-state index in [0.29, 0.717) is 0 Å². The minimum absolute atomic E-state index is 0.835. The highest BCUT2D eigenvalue weighted by Gasteiger charge is 2.12. The third-order valence-electron chi connectivity index (χ3n) is 1.96. The molecule has 1 atom stereocenters. The molecule has 1 fully saturated rings. The minimum Gasteiger partial charge on any atom is -0.385 e. The van der Waals surface area contributed by atoms with Gasteiger partial charge in [0.15, 0.2) is 0 Å². The monoisotopic (exact) mass is 221 g/mol. The first-order valence-corrected chi connectivity index (χ1v) is 7.03. The molecule has 0 spiro atoms. The second-order valence-corrected chi connectivity index (χ2v) is 5.68. The van der Waals surface area contributed by atoms with Gasteiger partial charge in [0.1, 0.15) is 0 Å². The van der Waals surface area contributed by atoms with Gasteiger partial charge in [-0.15, -0.1) is 0 Å². The predicted molar refractivity (Wildman–Crippen MR) is 62.9 cm³/mol. The van der Waals surface area contributed by atoms with Crippen LogP contribution >= 0.6 is 23.5 Å². The third-order valence-corrected chi connectivity index (χ3v) is 4.80. The Kier molecular flexibility index (Phi) is 7.17. The third kappa shape index (κ3) is 5.83. The molecule has 0 aromatic rings. The molecule has 1 heterocycles. The van der Waals surface area contributed by atoms with E-state index in [-0.39, 0.29) is 0 Å². The zero-order valence-electron chi connectivity index (χ0n) is 8.25. The van der Waals surface area contributed by atoms with E-state index >= 15 is 0 Å².